The molecule has 0 spiro atoms. The van der Waals surface area contributed by atoms with E-state index in [9.17, 15) is 14.4 Å². The number of aromatic amines is 1. The molecule has 3 N–H and O–H groups in total. The van der Waals surface area contributed by atoms with Crippen LogP contribution in [0.25, 0.3) is 0 Å². The number of nitrogens with zero attached hydrogens (tertiary/aromatic N) is 4. The Morgan fingerprint density at radius 2 is 1.90 bits per heavy atom. The minimum Gasteiger partial charge on any atom is -0.383 e. The molecule has 0 aliphatic carbocycles. The maximum absolute atomic E-state index is 13.2. The molecule has 0 atom stereocenters. The molecule has 9 nitrogen and oxygen atoms in total. The van der Waals surface area contributed by atoms with Gasteiger partial charge in [-0.1, -0.05) is 39.0 Å². The molecule has 0 aliphatic rings. The zero-order valence-corrected chi connectivity index (χ0v) is 19.7. The Bertz CT molecular complexity index is 1010. The molecule has 0 aromatic carbocycles. The first kappa shape index (κ1) is 24.6. The summed E-state index contributed by atoms with van der Waals surface area (Å²) in [4.78, 5) is 50.5. The predicted molar refractivity (Wildman–Crippen MR) is 125 cm³/mol. The molecule has 10 heteroatoms. The molecular weight excluding hydrogens is 416 g/mol. The van der Waals surface area contributed by atoms with Gasteiger partial charge in [-0.25, -0.2) is 14.8 Å². The first-order valence-electron chi connectivity index (χ1n) is 10.5. The van der Waals surface area contributed by atoms with Crippen molar-refractivity contribution in [2.75, 3.05) is 22.9 Å². The lowest BCUT2D eigenvalue weighted by Crippen LogP contribution is -2.42. The van der Waals surface area contributed by atoms with E-state index >= 15 is 0 Å². The molecule has 1 amide bonds. The third-order valence-electron chi connectivity index (χ3n) is 4.74. The third kappa shape index (κ3) is 6.68. The van der Waals surface area contributed by atoms with Crippen molar-refractivity contribution in [3.8, 4) is 0 Å². The van der Waals surface area contributed by atoms with Gasteiger partial charge in [0.25, 0.3) is 5.56 Å². The third-order valence-corrected chi connectivity index (χ3v) is 5.57. The number of carbonyl (C=O) groups is 1. The number of thioether (sulfide) groups is 1. The fourth-order valence-electron chi connectivity index (χ4n) is 3.09. The Morgan fingerprint density at radius 3 is 2.48 bits per heavy atom. The van der Waals surface area contributed by atoms with Crippen molar-refractivity contribution >= 4 is 29.2 Å². The summed E-state index contributed by atoms with van der Waals surface area (Å²) in [5, 5.41) is 0.504. The molecule has 0 saturated heterocycles. The molecular formula is C21H32N6O3S. The number of amides is 1. The van der Waals surface area contributed by atoms with Crippen LogP contribution < -0.4 is 21.9 Å². The standard InChI is InChI=1S/C21H32N6O3S/c1-6-7-9-27-18(22)17(19(29)25-21(27)30)26(10-8-13(2)3)16(28)12-31-20-23-14(4)11-15(5)24-20/h11,13H,6-10,12,22H2,1-5H3,(H,25,29,30). The molecule has 2 aromatic heterocycles. The summed E-state index contributed by atoms with van der Waals surface area (Å²) < 4.78 is 1.33. The normalized spacial score (nSPS) is 11.2. The number of anilines is 2. The van der Waals surface area contributed by atoms with Crippen LogP contribution in [0, 0.1) is 19.8 Å². The lowest BCUT2D eigenvalue weighted by Gasteiger charge is -2.25. The van der Waals surface area contributed by atoms with Crippen LogP contribution in [-0.2, 0) is 11.3 Å². The van der Waals surface area contributed by atoms with Crippen molar-refractivity contribution in [1.29, 1.82) is 0 Å². The van der Waals surface area contributed by atoms with Gasteiger partial charge in [-0.15, -0.1) is 0 Å². The zero-order valence-electron chi connectivity index (χ0n) is 18.9. The number of nitrogens with two attached hydrogens (primary N) is 1. The zero-order chi connectivity index (χ0) is 23.1. The molecule has 2 aromatic rings. The van der Waals surface area contributed by atoms with Crippen LogP contribution in [0.1, 0.15) is 51.4 Å². The van der Waals surface area contributed by atoms with Gasteiger partial charge in [-0.3, -0.25) is 19.1 Å². The smallest absolute Gasteiger partial charge is 0.330 e. The fraction of sp³-hybridized carbons (Fsp3) is 0.571. The molecule has 0 saturated carbocycles. The molecule has 0 aliphatic heterocycles. The number of hydrogen-bond donors (Lipinski definition) is 2. The number of H-pyrrole nitrogens is 1. The number of aryl methyl sites for hydroxylation is 2. The fourth-order valence-corrected chi connectivity index (χ4v) is 3.91. The summed E-state index contributed by atoms with van der Waals surface area (Å²) in [6.45, 7) is 10.5. The molecule has 2 rings (SSSR count). The quantitative estimate of drug-likeness (QED) is 0.422. The highest BCUT2D eigenvalue weighted by molar-refractivity contribution is 7.99. The van der Waals surface area contributed by atoms with Crippen LogP contribution in [-0.4, -0.2) is 37.7 Å². The Balaban J connectivity index is 2.38. The number of rotatable bonds is 10. The van der Waals surface area contributed by atoms with Crippen molar-refractivity contribution in [1.82, 2.24) is 19.5 Å². The molecule has 0 unspecified atom stereocenters. The Hall–Kier alpha value is -2.62. The highest BCUT2D eigenvalue weighted by atomic mass is 32.2. The van der Waals surface area contributed by atoms with Gasteiger partial charge in [0.15, 0.2) is 10.8 Å². The van der Waals surface area contributed by atoms with Crippen LogP contribution >= 0.6 is 11.8 Å². The summed E-state index contributed by atoms with van der Waals surface area (Å²) in [6.07, 6.45) is 2.28. The van der Waals surface area contributed by atoms with Crippen LogP contribution in [0.5, 0.6) is 0 Å². The Morgan fingerprint density at radius 1 is 1.26 bits per heavy atom. The van der Waals surface area contributed by atoms with E-state index in [1.807, 2.05) is 40.7 Å². The number of hydrogen-bond acceptors (Lipinski definition) is 7. The van der Waals surface area contributed by atoms with Gasteiger partial charge in [0, 0.05) is 24.5 Å². The summed E-state index contributed by atoms with van der Waals surface area (Å²) in [5.74, 6) is 0.101. The average Bonchev–Trinajstić information content (AvgIpc) is 2.67. The topological polar surface area (TPSA) is 127 Å². The predicted octanol–water partition coefficient (Wildman–Crippen LogP) is 2.50. The minimum atomic E-state index is -0.653. The first-order valence-corrected chi connectivity index (χ1v) is 11.5. The highest BCUT2D eigenvalue weighted by Crippen LogP contribution is 2.22. The lowest BCUT2D eigenvalue weighted by molar-refractivity contribution is -0.116. The number of unbranched alkanes of at least 4 members (excludes halogenated alkanes) is 1. The van der Waals surface area contributed by atoms with Gasteiger partial charge in [-0.05, 0) is 38.7 Å². The van der Waals surface area contributed by atoms with Crippen molar-refractivity contribution < 1.29 is 4.79 Å². The maximum Gasteiger partial charge on any atom is 0.330 e. The number of nitrogen functional groups attached to an aromatic ring is 1. The van der Waals surface area contributed by atoms with E-state index in [1.165, 1.54) is 21.2 Å². The SMILES string of the molecule is CCCCn1c(N)c(N(CCC(C)C)C(=O)CSc2nc(C)cc(C)n2)c(=O)[nH]c1=O. The molecule has 0 fully saturated rings. The van der Waals surface area contributed by atoms with E-state index in [0.717, 1.165) is 24.2 Å². The summed E-state index contributed by atoms with van der Waals surface area (Å²) >= 11 is 1.21. The summed E-state index contributed by atoms with van der Waals surface area (Å²) in [7, 11) is 0. The van der Waals surface area contributed by atoms with Crippen LogP contribution in [0.3, 0.4) is 0 Å². The second-order valence-electron chi connectivity index (χ2n) is 7.95. The van der Waals surface area contributed by atoms with Gasteiger partial charge < -0.3 is 10.6 Å². The van der Waals surface area contributed by atoms with Gasteiger partial charge in [0.05, 0.1) is 5.75 Å². The van der Waals surface area contributed by atoms with E-state index in [-0.39, 0.29) is 23.2 Å². The van der Waals surface area contributed by atoms with Crippen LogP contribution in [0.2, 0.25) is 0 Å². The average molecular weight is 449 g/mol. The number of aromatic nitrogens is 4. The largest absolute Gasteiger partial charge is 0.383 e. The van der Waals surface area contributed by atoms with E-state index in [4.69, 9.17) is 5.73 Å². The molecule has 170 valence electrons. The molecule has 31 heavy (non-hydrogen) atoms. The van der Waals surface area contributed by atoms with Crippen LogP contribution in [0.4, 0.5) is 11.5 Å². The second kappa shape index (κ2) is 11.1. The number of carbonyl (C=O) groups excluding carboxylic acids is 1. The van der Waals surface area contributed by atoms with Gasteiger partial charge >= 0.3 is 5.69 Å². The molecule has 0 bridgehead atoms. The highest BCUT2D eigenvalue weighted by Gasteiger charge is 2.24. The molecule has 0 radical (unpaired) electrons. The van der Waals surface area contributed by atoms with Crippen molar-refractivity contribution in [2.45, 2.75) is 65.6 Å². The monoisotopic (exact) mass is 448 g/mol. The maximum atomic E-state index is 13.2. The van der Waals surface area contributed by atoms with E-state index in [2.05, 4.69) is 15.0 Å². The van der Waals surface area contributed by atoms with Crippen LogP contribution in [0.15, 0.2) is 20.8 Å². The minimum absolute atomic E-state index is 0.0203. The van der Waals surface area contributed by atoms with Gasteiger partial charge in [0.1, 0.15) is 5.82 Å². The Kier molecular flexibility index (Phi) is 8.85. The van der Waals surface area contributed by atoms with Crippen molar-refractivity contribution in [3.05, 3.63) is 38.3 Å². The van der Waals surface area contributed by atoms with E-state index in [1.54, 1.807) is 0 Å². The van der Waals surface area contributed by atoms with Gasteiger partial charge in [0.2, 0.25) is 5.91 Å². The molecule has 2 heterocycles. The van der Waals surface area contributed by atoms with Crippen molar-refractivity contribution in [3.63, 3.8) is 0 Å². The second-order valence-corrected chi connectivity index (χ2v) is 8.89. The van der Waals surface area contributed by atoms with E-state index in [0.29, 0.717) is 30.6 Å². The van der Waals surface area contributed by atoms with Crippen molar-refractivity contribution in [2.24, 2.45) is 5.92 Å². The van der Waals surface area contributed by atoms with E-state index < -0.39 is 11.2 Å². The number of nitrogens with one attached hydrogen (secondary N) is 1. The first-order chi connectivity index (χ1) is 14.6. The lowest BCUT2D eigenvalue weighted by atomic mass is 10.1. The van der Waals surface area contributed by atoms with Gasteiger partial charge in [-0.2, -0.15) is 0 Å². The summed E-state index contributed by atoms with van der Waals surface area (Å²) in [6, 6.07) is 1.86. The Labute approximate surface area is 186 Å². The summed E-state index contributed by atoms with van der Waals surface area (Å²) in [5.41, 5.74) is 6.70.